The van der Waals surface area contributed by atoms with E-state index < -0.39 is 11.7 Å². The van der Waals surface area contributed by atoms with Gasteiger partial charge in [0.2, 0.25) is 0 Å². The maximum absolute atomic E-state index is 10.8. The van der Waals surface area contributed by atoms with Gasteiger partial charge in [-0.2, -0.15) is 0 Å². The van der Waals surface area contributed by atoms with Crippen molar-refractivity contribution in [2.24, 2.45) is 17.3 Å². The summed E-state index contributed by atoms with van der Waals surface area (Å²) >= 11 is 0. The maximum Gasteiger partial charge on any atom is 0.0728 e. The summed E-state index contributed by atoms with van der Waals surface area (Å²) in [5.41, 5.74) is 0.197. The number of fused-ring (bicyclic) bond motifs is 2. The van der Waals surface area contributed by atoms with Gasteiger partial charge in [-0.15, -0.1) is 0 Å². The van der Waals surface area contributed by atoms with E-state index in [9.17, 15) is 10.2 Å². The lowest BCUT2D eigenvalue weighted by Gasteiger charge is -2.49. The van der Waals surface area contributed by atoms with Crippen LogP contribution in [0.5, 0.6) is 0 Å². The summed E-state index contributed by atoms with van der Waals surface area (Å²) in [5, 5.41) is 21.3. The first kappa shape index (κ1) is 13.1. The molecule has 0 heterocycles. The number of hydrogen-bond acceptors (Lipinski definition) is 2. The molecule has 2 rings (SSSR count). The molecule has 2 fully saturated rings. The Hall–Kier alpha value is -0.340. The Bertz CT molecular complexity index is 328. The standard InChI is InChI=1S/C15H26O2/c1-10(2)5-8-13(16)14(3)11-6-7-12(9-11)15(14,4)17/h5,11-13,16-17H,6-9H2,1-4H3/t11-,12+,13+,14+,15+/m0/s1. The van der Waals surface area contributed by atoms with Crippen LogP contribution in [0.1, 0.15) is 53.4 Å². The largest absolute Gasteiger partial charge is 0.392 e. The summed E-state index contributed by atoms with van der Waals surface area (Å²) in [4.78, 5) is 0. The highest BCUT2D eigenvalue weighted by atomic mass is 16.3. The zero-order valence-electron chi connectivity index (χ0n) is 11.5. The molecule has 2 heteroatoms. The van der Waals surface area contributed by atoms with Gasteiger partial charge < -0.3 is 10.2 Å². The summed E-state index contributed by atoms with van der Waals surface area (Å²) in [7, 11) is 0. The van der Waals surface area contributed by atoms with E-state index in [2.05, 4.69) is 13.0 Å². The van der Waals surface area contributed by atoms with Crippen molar-refractivity contribution in [2.75, 3.05) is 0 Å². The van der Waals surface area contributed by atoms with E-state index in [-0.39, 0.29) is 5.41 Å². The third-order valence-corrected chi connectivity index (χ3v) is 5.61. The third kappa shape index (κ3) is 1.77. The first-order valence-electron chi connectivity index (χ1n) is 6.84. The van der Waals surface area contributed by atoms with E-state index in [0.29, 0.717) is 18.3 Å². The van der Waals surface area contributed by atoms with Crippen molar-refractivity contribution in [3.05, 3.63) is 11.6 Å². The third-order valence-electron chi connectivity index (χ3n) is 5.61. The van der Waals surface area contributed by atoms with Gasteiger partial charge in [0.25, 0.3) is 0 Å². The highest BCUT2D eigenvalue weighted by Crippen LogP contribution is 2.63. The van der Waals surface area contributed by atoms with Crippen molar-refractivity contribution < 1.29 is 10.2 Å². The normalized spacial score (nSPS) is 46.0. The van der Waals surface area contributed by atoms with E-state index in [4.69, 9.17) is 0 Å². The molecule has 17 heavy (non-hydrogen) atoms. The van der Waals surface area contributed by atoms with Crippen LogP contribution in [-0.4, -0.2) is 21.9 Å². The van der Waals surface area contributed by atoms with Gasteiger partial charge in [-0.3, -0.25) is 0 Å². The Labute approximate surface area is 105 Å². The Morgan fingerprint density at radius 1 is 1.29 bits per heavy atom. The fourth-order valence-corrected chi connectivity index (χ4v) is 4.09. The molecule has 0 saturated heterocycles. The lowest BCUT2D eigenvalue weighted by Crippen LogP contribution is -2.55. The van der Waals surface area contributed by atoms with Gasteiger partial charge in [-0.05, 0) is 58.3 Å². The van der Waals surface area contributed by atoms with Crippen molar-refractivity contribution in [2.45, 2.75) is 65.1 Å². The molecule has 2 aliphatic rings. The van der Waals surface area contributed by atoms with E-state index in [1.54, 1.807) is 0 Å². The van der Waals surface area contributed by atoms with E-state index >= 15 is 0 Å². The second kappa shape index (κ2) is 4.10. The van der Waals surface area contributed by atoms with Crippen LogP contribution in [0.3, 0.4) is 0 Å². The molecule has 2 nitrogen and oxygen atoms in total. The van der Waals surface area contributed by atoms with Gasteiger partial charge in [0, 0.05) is 5.41 Å². The number of allylic oxidation sites excluding steroid dienone is 1. The van der Waals surface area contributed by atoms with Crippen molar-refractivity contribution in [1.82, 2.24) is 0 Å². The van der Waals surface area contributed by atoms with Gasteiger partial charge in [0.05, 0.1) is 11.7 Å². The molecule has 98 valence electrons. The molecule has 0 aromatic carbocycles. The average Bonchev–Trinajstić information content (AvgIpc) is 2.78. The summed E-state index contributed by atoms with van der Waals surface area (Å²) in [6.45, 7) is 8.12. The monoisotopic (exact) mass is 238 g/mol. The van der Waals surface area contributed by atoms with Crippen LogP contribution in [0, 0.1) is 17.3 Å². The summed E-state index contributed by atoms with van der Waals surface area (Å²) in [6, 6.07) is 0. The Morgan fingerprint density at radius 2 is 1.88 bits per heavy atom. The Balaban J connectivity index is 2.20. The molecule has 0 unspecified atom stereocenters. The van der Waals surface area contributed by atoms with Gasteiger partial charge in [0.1, 0.15) is 0 Å². The molecule has 0 radical (unpaired) electrons. The summed E-state index contributed by atoms with van der Waals surface area (Å²) in [6.07, 6.45) is 5.71. The Kier molecular flexibility index (Phi) is 3.16. The predicted octanol–water partition coefficient (Wildman–Crippen LogP) is 2.89. The lowest BCUT2D eigenvalue weighted by molar-refractivity contribution is -0.154. The van der Waals surface area contributed by atoms with E-state index in [0.717, 1.165) is 12.8 Å². The number of aliphatic hydroxyl groups is 2. The molecule has 2 bridgehead atoms. The van der Waals surface area contributed by atoms with Crippen LogP contribution in [-0.2, 0) is 0 Å². The number of rotatable bonds is 3. The van der Waals surface area contributed by atoms with Gasteiger partial charge in [0.15, 0.2) is 0 Å². The van der Waals surface area contributed by atoms with Crippen LogP contribution < -0.4 is 0 Å². The van der Waals surface area contributed by atoms with Crippen LogP contribution in [0.15, 0.2) is 11.6 Å². The summed E-state index contributed by atoms with van der Waals surface area (Å²) < 4.78 is 0. The quantitative estimate of drug-likeness (QED) is 0.742. The first-order valence-corrected chi connectivity index (χ1v) is 6.84. The molecule has 0 amide bonds. The highest BCUT2D eigenvalue weighted by Gasteiger charge is 2.64. The number of aliphatic hydroxyl groups excluding tert-OH is 1. The minimum absolute atomic E-state index is 0.331. The van der Waals surface area contributed by atoms with Gasteiger partial charge >= 0.3 is 0 Å². The molecule has 0 spiro atoms. The second-order valence-corrected chi connectivity index (χ2v) is 6.67. The smallest absolute Gasteiger partial charge is 0.0728 e. The molecule has 0 aromatic heterocycles. The molecule has 0 aromatic rings. The van der Waals surface area contributed by atoms with Crippen molar-refractivity contribution in [1.29, 1.82) is 0 Å². The molecule has 2 aliphatic carbocycles. The van der Waals surface area contributed by atoms with Crippen LogP contribution in [0.2, 0.25) is 0 Å². The van der Waals surface area contributed by atoms with E-state index in [1.807, 2.05) is 20.8 Å². The second-order valence-electron chi connectivity index (χ2n) is 6.67. The molecular weight excluding hydrogens is 212 g/mol. The first-order chi connectivity index (χ1) is 7.80. The van der Waals surface area contributed by atoms with Crippen LogP contribution in [0.25, 0.3) is 0 Å². The fourth-order valence-electron chi connectivity index (χ4n) is 4.09. The lowest BCUT2D eigenvalue weighted by atomic mass is 9.61. The molecule has 2 saturated carbocycles. The van der Waals surface area contributed by atoms with Crippen molar-refractivity contribution in [3.63, 3.8) is 0 Å². The summed E-state index contributed by atoms with van der Waals surface area (Å²) in [5.74, 6) is 0.877. The van der Waals surface area contributed by atoms with Crippen LogP contribution >= 0.6 is 0 Å². The minimum atomic E-state index is -0.704. The average molecular weight is 238 g/mol. The number of hydrogen-bond donors (Lipinski definition) is 2. The Morgan fingerprint density at radius 3 is 2.35 bits per heavy atom. The molecule has 5 atom stereocenters. The zero-order valence-corrected chi connectivity index (χ0v) is 11.5. The topological polar surface area (TPSA) is 40.5 Å². The van der Waals surface area contributed by atoms with Crippen molar-refractivity contribution >= 4 is 0 Å². The fraction of sp³-hybridized carbons (Fsp3) is 0.867. The minimum Gasteiger partial charge on any atom is -0.392 e. The zero-order chi connectivity index (χ0) is 12.8. The molecule has 0 aliphatic heterocycles. The SMILES string of the molecule is CC(C)=CC[C@@H](O)[C@@]1(C)[C@H]2CC[C@H](C2)[C@@]1(C)O. The molecular formula is C15H26O2. The van der Waals surface area contributed by atoms with E-state index in [1.165, 1.54) is 12.0 Å². The van der Waals surface area contributed by atoms with Crippen LogP contribution in [0.4, 0.5) is 0 Å². The van der Waals surface area contributed by atoms with Crippen molar-refractivity contribution in [3.8, 4) is 0 Å². The van der Waals surface area contributed by atoms with Gasteiger partial charge in [-0.25, -0.2) is 0 Å². The highest BCUT2D eigenvalue weighted by molar-refractivity contribution is 5.15. The van der Waals surface area contributed by atoms with Gasteiger partial charge in [-0.1, -0.05) is 18.6 Å². The molecule has 2 N–H and O–H groups in total. The predicted molar refractivity (Wildman–Crippen MR) is 69.6 cm³/mol. The maximum atomic E-state index is 10.8.